The molecule has 1 aliphatic rings. The van der Waals surface area contributed by atoms with Gasteiger partial charge < -0.3 is 4.90 Å². The van der Waals surface area contributed by atoms with E-state index in [0.717, 1.165) is 19.5 Å². The van der Waals surface area contributed by atoms with E-state index in [-0.39, 0.29) is 16.3 Å². The molecule has 1 rings (SSSR count). The van der Waals surface area contributed by atoms with Crippen LogP contribution in [0.4, 0.5) is 0 Å². The fraction of sp³-hybridized carbons (Fsp3) is 0.846. The number of amides is 1. The molecule has 1 fully saturated rings. The number of likely N-dealkylation sites (tertiary alicyclic amines) is 1. The Labute approximate surface area is 108 Å². The van der Waals surface area contributed by atoms with Crippen LogP contribution in [-0.4, -0.2) is 34.3 Å². The van der Waals surface area contributed by atoms with Gasteiger partial charge in [0.15, 0.2) is 5.12 Å². The zero-order chi connectivity index (χ0) is 12.7. The Morgan fingerprint density at radius 2 is 2.06 bits per heavy atom. The number of carbonyl (C=O) groups is 2. The highest BCUT2D eigenvalue weighted by atomic mass is 32.2. The molecule has 17 heavy (non-hydrogen) atoms. The fourth-order valence-corrected chi connectivity index (χ4v) is 3.12. The molecule has 0 spiro atoms. The molecule has 4 heteroatoms. The van der Waals surface area contributed by atoms with Crippen LogP contribution in [0, 0.1) is 0 Å². The van der Waals surface area contributed by atoms with Crippen molar-refractivity contribution >= 4 is 22.8 Å². The minimum atomic E-state index is 0.118. The van der Waals surface area contributed by atoms with Crippen LogP contribution >= 0.6 is 11.8 Å². The van der Waals surface area contributed by atoms with Gasteiger partial charge in [0, 0.05) is 31.7 Å². The number of thioether (sulfide) groups is 1. The first-order chi connectivity index (χ1) is 8.13. The average molecular weight is 257 g/mol. The SMILES string of the molecule is CCCCCCCN1CC(SC(C)=O)CC1=O. The summed E-state index contributed by atoms with van der Waals surface area (Å²) in [6.45, 7) is 5.41. The molecule has 3 nitrogen and oxygen atoms in total. The molecule has 1 unspecified atom stereocenters. The second-order valence-corrected chi connectivity index (χ2v) is 6.17. The molecule has 1 aliphatic heterocycles. The summed E-state index contributed by atoms with van der Waals surface area (Å²) < 4.78 is 0. The molecule has 0 N–H and O–H groups in total. The van der Waals surface area contributed by atoms with Gasteiger partial charge in [-0.25, -0.2) is 0 Å². The first kappa shape index (κ1) is 14.6. The van der Waals surface area contributed by atoms with Crippen LogP contribution in [0.2, 0.25) is 0 Å². The van der Waals surface area contributed by atoms with Crippen LogP contribution in [0.3, 0.4) is 0 Å². The van der Waals surface area contributed by atoms with E-state index in [0.29, 0.717) is 6.42 Å². The van der Waals surface area contributed by atoms with Gasteiger partial charge in [0.25, 0.3) is 0 Å². The topological polar surface area (TPSA) is 37.4 Å². The summed E-state index contributed by atoms with van der Waals surface area (Å²) in [6, 6.07) is 0. The normalized spacial score (nSPS) is 20.0. The zero-order valence-corrected chi connectivity index (χ0v) is 11.7. The van der Waals surface area contributed by atoms with Crippen molar-refractivity contribution in [3.05, 3.63) is 0 Å². The summed E-state index contributed by atoms with van der Waals surface area (Å²) in [5, 5.41) is 0.309. The molecule has 1 atom stereocenters. The molecule has 0 aromatic rings. The Hall–Kier alpha value is -0.510. The van der Waals surface area contributed by atoms with Gasteiger partial charge in [-0.1, -0.05) is 44.4 Å². The van der Waals surface area contributed by atoms with Crippen molar-refractivity contribution in [2.24, 2.45) is 0 Å². The van der Waals surface area contributed by atoms with Crippen LogP contribution < -0.4 is 0 Å². The van der Waals surface area contributed by atoms with E-state index in [1.54, 1.807) is 6.92 Å². The monoisotopic (exact) mass is 257 g/mol. The number of nitrogens with zero attached hydrogens (tertiary/aromatic N) is 1. The molecule has 0 saturated carbocycles. The van der Waals surface area contributed by atoms with Gasteiger partial charge in [0.05, 0.1) is 0 Å². The number of rotatable bonds is 7. The molecule has 98 valence electrons. The summed E-state index contributed by atoms with van der Waals surface area (Å²) in [6.07, 6.45) is 6.66. The van der Waals surface area contributed by atoms with E-state index in [9.17, 15) is 9.59 Å². The first-order valence-corrected chi connectivity index (χ1v) is 7.46. The standard InChI is InChI=1S/C13H23NO2S/c1-3-4-5-6-7-8-14-10-12(9-13(14)16)17-11(2)15/h12H,3-10H2,1-2H3. The lowest BCUT2D eigenvalue weighted by Crippen LogP contribution is -2.26. The number of hydrogen-bond acceptors (Lipinski definition) is 3. The summed E-state index contributed by atoms with van der Waals surface area (Å²) in [5.74, 6) is 0.222. The van der Waals surface area contributed by atoms with E-state index < -0.39 is 0 Å². The molecular weight excluding hydrogens is 234 g/mol. The zero-order valence-electron chi connectivity index (χ0n) is 10.9. The van der Waals surface area contributed by atoms with Crippen molar-refractivity contribution in [3.8, 4) is 0 Å². The maximum Gasteiger partial charge on any atom is 0.223 e. The van der Waals surface area contributed by atoms with Crippen molar-refractivity contribution in [1.29, 1.82) is 0 Å². The average Bonchev–Trinajstić information content (AvgIpc) is 2.58. The van der Waals surface area contributed by atoms with Gasteiger partial charge in [-0.15, -0.1) is 0 Å². The third-order valence-corrected chi connectivity index (χ3v) is 4.02. The van der Waals surface area contributed by atoms with Crippen molar-refractivity contribution in [1.82, 2.24) is 4.90 Å². The molecule has 0 aromatic heterocycles. The second-order valence-electron chi connectivity index (χ2n) is 4.69. The van der Waals surface area contributed by atoms with E-state index in [2.05, 4.69) is 6.92 Å². The van der Waals surface area contributed by atoms with E-state index in [1.165, 1.54) is 37.4 Å². The summed E-state index contributed by atoms with van der Waals surface area (Å²) in [4.78, 5) is 24.6. The maximum atomic E-state index is 11.7. The van der Waals surface area contributed by atoms with Crippen molar-refractivity contribution < 1.29 is 9.59 Å². The molecule has 1 heterocycles. The molecular formula is C13H23NO2S. The van der Waals surface area contributed by atoms with Gasteiger partial charge in [0.2, 0.25) is 5.91 Å². The highest BCUT2D eigenvalue weighted by Crippen LogP contribution is 2.24. The fourth-order valence-electron chi connectivity index (χ4n) is 2.17. The van der Waals surface area contributed by atoms with E-state index in [4.69, 9.17) is 0 Å². The minimum absolute atomic E-state index is 0.118. The smallest absolute Gasteiger partial charge is 0.223 e. The van der Waals surface area contributed by atoms with Gasteiger partial charge >= 0.3 is 0 Å². The lowest BCUT2D eigenvalue weighted by Gasteiger charge is -2.15. The molecule has 0 aromatic carbocycles. The van der Waals surface area contributed by atoms with Crippen LogP contribution in [0.5, 0.6) is 0 Å². The quantitative estimate of drug-likeness (QED) is 0.658. The predicted octanol–water partition coefficient (Wildman–Crippen LogP) is 2.84. The third-order valence-electron chi connectivity index (χ3n) is 3.04. The van der Waals surface area contributed by atoms with Crippen LogP contribution in [0.1, 0.15) is 52.4 Å². The number of carbonyl (C=O) groups excluding carboxylic acids is 2. The Morgan fingerprint density at radius 3 is 2.71 bits per heavy atom. The number of unbranched alkanes of at least 4 members (excludes halogenated alkanes) is 4. The molecule has 0 bridgehead atoms. The van der Waals surface area contributed by atoms with Crippen molar-refractivity contribution in [2.45, 2.75) is 57.6 Å². The lowest BCUT2D eigenvalue weighted by atomic mass is 10.1. The predicted molar refractivity (Wildman–Crippen MR) is 72.0 cm³/mol. The van der Waals surface area contributed by atoms with E-state index in [1.807, 2.05) is 4.90 Å². The van der Waals surface area contributed by atoms with E-state index >= 15 is 0 Å². The van der Waals surface area contributed by atoms with Gasteiger partial charge in [-0.2, -0.15) is 0 Å². The molecule has 1 saturated heterocycles. The van der Waals surface area contributed by atoms with Crippen LogP contribution in [0.25, 0.3) is 0 Å². The maximum absolute atomic E-state index is 11.7. The summed E-state index contributed by atoms with van der Waals surface area (Å²) in [5.41, 5.74) is 0. The highest BCUT2D eigenvalue weighted by molar-refractivity contribution is 8.14. The van der Waals surface area contributed by atoms with Crippen LogP contribution in [0.15, 0.2) is 0 Å². The molecule has 0 aliphatic carbocycles. The largest absolute Gasteiger partial charge is 0.342 e. The molecule has 0 radical (unpaired) electrons. The lowest BCUT2D eigenvalue weighted by molar-refractivity contribution is -0.127. The Balaban J connectivity index is 2.17. The van der Waals surface area contributed by atoms with Crippen LogP contribution in [-0.2, 0) is 9.59 Å². The molecule has 1 amide bonds. The Bertz CT molecular complexity index is 268. The van der Waals surface area contributed by atoms with Crippen molar-refractivity contribution in [3.63, 3.8) is 0 Å². The second kappa shape index (κ2) is 7.75. The third kappa shape index (κ3) is 5.57. The van der Waals surface area contributed by atoms with Gasteiger partial charge in [0.1, 0.15) is 0 Å². The minimum Gasteiger partial charge on any atom is -0.342 e. The van der Waals surface area contributed by atoms with Gasteiger partial charge in [-0.05, 0) is 6.42 Å². The summed E-state index contributed by atoms with van der Waals surface area (Å²) in [7, 11) is 0. The first-order valence-electron chi connectivity index (χ1n) is 6.58. The Morgan fingerprint density at radius 1 is 1.35 bits per heavy atom. The van der Waals surface area contributed by atoms with Crippen molar-refractivity contribution in [2.75, 3.05) is 13.1 Å². The Kier molecular flexibility index (Phi) is 6.63. The highest BCUT2D eigenvalue weighted by Gasteiger charge is 2.30. The summed E-state index contributed by atoms with van der Waals surface area (Å²) >= 11 is 1.32. The van der Waals surface area contributed by atoms with Gasteiger partial charge in [-0.3, -0.25) is 9.59 Å². The number of hydrogen-bond donors (Lipinski definition) is 0.